The second kappa shape index (κ2) is 8.29. The van der Waals surface area contributed by atoms with Gasteiger partial charge in [0.05, 0.1) is 19.1 Å². The molecule has 0 spiro atoms. The maximum absolute atomic E-state index is 14.1. The molecule has 2 atom stereocenters. The molecule has 2 rings (SSSR count). The first-order valence-electron chi connectivity index (χ1n) is 8.29. The molecule has 1 N–H and O–H groups in total. The number of nitrogens with one attached hydrogen (secondary N) is 1. The predicted molar refractivity (Wildman–Crippen MR) is 90.7 cm³/mol. The van der Waals surface area contributed by atoms with Crippen LogP contribution in [0.3, 0.4) is 0 Å². The molecule has 1 fully saturated rings. The summed E-state index contributed by atoms with van der Waals surface area (Å²) in [6, 6.07) is 8.70. The second-order valence-electron chi connectivity index (χ2n) is 7.03. The first-order valence-corrected chi connectivity index (χ1v) is 8.29. The fourth-order valence-corrected chi connectivity index (χ4v) is 2.44. The van der Waals surface area contributed by atoms with E-state index < -0.39 is 29.9 Å². The van der Waals surface area contributed by atoms with Crippen molar-refractivity contribution in [1.29, 1.82) is 0 Å². The highest BCUT2D eigenvalue weighted by molar-refractivity contribution is 5.72. The van der Waals surface area contributed by atoms with Crippen LogP contribution in [0.25, 0.3) is 0 Å². The summed E-state index contributed by atoms with van der Waals surface area (Å²) in [6.45, 7) is 5.44. The van der Waals surface area contributed by atoms with E-state index in [0.717, 1.165) is 5.56 Å². The van der Waals surface area contributed by atoms with Gasteiger partial charge in [-0.05, 0) is 26.3 Å². The third-order valence-corrected chi connectivity index (χ3v) is 3.65. The summed E-state index contributed by atoms with van der Waals surface area (Å²) in [6.07, 6.45) is -1.81. The van der Waals surface area contributed by atoms with Crippen molar-refractivity contribution in [3.63, 3.8) is 0 Å². The highest BCUT2D eigenvalue weighted by atomic mass is 19.1. The lowest BCUT2D eigenvalue weighted by Crippen LogP contribution is -2.41. The Kier molecular flexibility index (Phi) is 6.36. The van der Waals surface area contributed by atoms with Crippen LogP contribution in [0.5, 0.6) is 0 Å². The molecule has 1 aliphatic heterocycles. The summed E-state index contributed by atoms with van der Waals surface area (Å²) < 4.78 is 24.4. The molecular weight excluding hydrogens is 327 g/mol. The summed E-state index contributed by atoms with van der Waals surface area (Å²) in [4.78, 5) is 25.0. The van der Waals surface area contributed by atoms with Crippen molar-refractivity contribution in [1.82, 2.24) is 10.2 Å². The lowest BCUT2D eigenvalue weighted by atomic mass is 10.2. The Morgan fingerprint density at radius 1 is 1.24 bits per heavy atom. The van der Waals surface area contributed by atoms with Gasteiger partial charge in [0.25, 0.3) is 0 Å². The molecule has 7 heteroatoms. The fraction of sp³-hybridized carbons (Fsp3) is 0.556. The van der Waals surface area contributed by atoms with Gasteiger partial charge in [0.2, 0.25) is 0 Å². The van der Waals surface area contributed by atoms with Crippen LogP contribution in [0.4, 0.5) is 9.18 Å². The quantitative estimate of drug-likeness (QED) is 0.824. The van der Waals surface area contributed by atoms with Crippen molar-refractivity contribution < 1.29 is 23.5 Å². The number of halogens is 1. The maximum atomic E-state index is 14.1. The van der Waals surface area contributed by atoms with Crippen LogP contribution in [0.1, 0.15) is 26.3 Å². The molecule has 25 heavy (non-hydrogen) atoms. The molecule has 0 saturated carbocycles. The normalized spacial score (nSPS) is 20.4. The van der Waals surface area contributed by atoms with E-state index in [2.05, 4.69) is 5.32 Å². The Balaban J connectivity index is 1.73. The highest BCUT2D eigenvalue weighted by Crippen LogP contribution is 2.17. The minimum Gasteiger partial charge on any atom is -0.460 e. The number of nitrogens with zero attached hydrogens (tertiary/aromatic N) is 1. The Hall–Kier alpha value is -2.15. The molecule has 1 heterocycles. The molecule has 0 aromatic heterocycles. The van der Waals surface area contributed by atoms with Crippen LogP contribution in [0.15, 0.2) is 30.3 Å². The lowest BCUT2D eigenvalue weighted by Gasteiger charge is -2.24. The van der Waals surface area contributed by atoms with E-state index in [-0.39, 0.29) is 26.2 Å². The van der Waals surface area contributed by atoms with Crippen LogP contribution < -0.4 is 5.32 Å². The zero-order valence-corrected chi connectivity index (χ0v) is 14.8. The molecule has 0 bridgehead atoms. The van der Waals surface area contributed by atoms with Gasteiger partial charge in [-0.25, -0.2) is 9.18 Å². The van der Waals surface area contributed by atoms with Gasteiger partial charge in [-0.3, -0.25) is 10.1 Å². The van der Waals surface area contributed by atoms with Crippen molar-refractivity contribution in [3.05, 3.63) is 35.9 Å². The van der Waals surface area contributed by atoms with E-state index >= 15 is 0 Å². The standard InChI is InChI=1S/C18H25FN2O4/c1-18(2,3)25-17(23)21-10-14(19)15(11-21)20-9-16(22)24-12-13-7-5-4-6-8-13/h4-8,14-15,20H,9-12H2,1-3H3. The van der Waals surface area contributed by atoms with Crippen LogP contribution in [0, 0.1) is 0 Å². The van der Waals surface area contributed by atoms with Gasteiger partial charge in [0.15, 0.2) is 0 Å². The first-order chi connectivity index (χ1) is 11.7. The number of carbonyl (C=O) groups excluding carboxylic acids is 2. The molecule has 1 aromatic carbocycles. The van der Waals surface area contributed by atoms with E-state index in [0.29, 0.717) is 0 Å². The van der Waals surface area contributed by atoms with Crippen molar-refractivity contribution >= 4 is 12.1 Å². The molecule has 1 amide bonds. The molecule has 6 nitrogen and oxygen atoms in total. The number of hydrogen-bond donors (Lipinski definition) is 1. The van der Waals surface area contributed by atoms with Gasteiger partial charge in [0.1, 0.15) is 18.4 Å². The molecule has 2 unspecified atom stereocenters. The van der Waals surface area contributed by atoms with Gasteiger partial charge in [0, 0.05) is 6.54 Å². The Morgan fingerprint density at radius 3 is 2.56 bits per heavy atom. The van der Waals surface area contributed by atoms with Crippen LogP contribution >= 0.6 is 0 Å². The van der Waals surface area contributed by atoms with Crippen LogP contribution in [-0.2, 0) is 20.9 Å². The third-order valence-electron chi connectivity index (χ3n) is 3.65. The van der Waals surface area contributed by atoms with Crippen molar-refractivity contribution in [2.24, 2.45) is 0 Å². The van der Waals surface area contributed by atoms with Gasteiger partial charge in [-0.2, -0.15) is 0 Å². The molecule has 1 saturated heterocycles. The first kappa shape index (κ1) is 19.2. The summed E-state index contributed by atoms with van der Waals surface area (Å²) in [5.74, 6) is -0.466. The van der Waals surface area contributed by atoms with Gasteiger partial charge >= 0.3 is 12.1 Å². The number of likely N-dealkylation sites (tertiary alicyclic amines) is 1. The summed E-state index contributed by atoms with van der Waals surface area (Å²) in [5.41, 5.74) is 0.256. The zero-order valence-electron chi connectivity index (χ0n) is 14.8. The Morgan fingerprint density at radius 2 is 1.92 bits per heavy atom. The number of carbonyl (C=O) groups is 2. The Labute approximate surface area is 147 Å². The number of rotatable bonds is 5. The molecule has 0 radical (unpaired) electrons. The molecule has 1 aliphatic rings. The van der Waals surface area contributed by atoms with Crippen molar-refractivity contribution in [2.75, 3.05) is 19.6 Å². The van der Waals surface area contributed by atoms with Crippen molar-refractivity contribution in [3.8, 4) is 0 Å². The van der Waals surface area contributed by atoms with Gasteiger partial charge in [-0.15, -0.1) is 0 Å². The second-order valence-corrected chi connectivity index (χ2v) is 7.03. The average Bonchev–Trinajstić information content (AvgIpc) is 2.91. The predicted octanol–water partition coefficient (Wildman–Crippen LogP) is 2.28. The Bertz CT molecular complexity index is 588. The summed E-state index contributed by atoms with van der Waals surface area (Å²) in [5, 5.41) is 2.82. The molecular formula is C18H25FN2O4. The molecule has 138 valence electrons. The minimum atomic E-state index is -1.26. The van der Waals surface area contributed by atoms with E-state index in [1.807, 2.05) is 30.3 Å². The van der Waals surface area contributed by atoms with E-state index in [9.17, 15) is 14.0 Å². The number of benzene rings is 1. The summed E-state index contributed by atoms with van der Waals surface area (Å²) in [7, 11) is 0. The number of ether oxygens (including phenoxy) is 2. The van der Waals surface area contributed by atoms with Crippen molar-refractivity contribution in [2.45, 2.75) is 45.2 Å². The number of esters is 1. The topological polar surface area (TPSA) is 67.9 Å². The smallest absolute Gasteiger partial charge is 0.410 e. The number of amides is 1. The van der Waals surface area contributed by atoms with E-state index in [1.54, 1.807) is 20.8 Å². The highest BCUT2D eigenvalue weighted by Gasteiger charge is 2.37. The van der Waals surface area contributed by atoms with Crippen LogP contribution in [-0.4, -0.2) is 54.4 Å². The number of hydrogen-bond acceptors (Lipinski definition) is 5. The van der Waals surface area contributed by atoms with E-state index in [1.165, 1.54) is 4.90 Å². The van der Waals surface area contributed by atoms with Gasteiger partial charge < -0.3 is 14.4 Å². The maximum Gasteiger partial charge on any atom is 0.410 e. The average molecular weight is 352 g/mol. The zero-order chi connectivity index (χ0) is 18.4. The van der Waals surface area contributed by atoms with Gasteiger partial charge in [-0.1, -0.05) is 30.3 Å². The largest absolute Gasteiger partial charge is 0.460 e. The summed E-state index contributed by atoms with van der Waals surface area (Å²) >= 11 is 0. The van der Waals surface area contributed by atoms with Crippen LogP contribution in [0.2, 0.25) is 0 Å². The lowest BCUT2D eigenvalue weighted by molar-refractivity contribution is -0.144. The number of alkyl halides is 1. The third kappa shape index (κ3) is 6.34. The SMILES string of the molecule is CC(C)(C)OC(=O)N1CC(F)C(NCC(=O)OCc2ccccc2)C1. The molecule has 0 aliphatic carbocycles. The minimum absolute atomic E-state index is 0.0500. The molecule has 1 aromatic rings. The van der Waals surface area contributed by atoms with E-state index in [4.69, 9.17) is 9.47 Å². The monoisotopic (exact) mass is 352 g/mol. The fourth-order valence-electron chi connectivity index (χ4n) is 2.44.